The highest BCUT2D eigenvalue weighted by atomic mass is 32.2. The van der Waals surface area contributed by atoms with Crippen molar-refractivity contribution in [3.05, 3.63) is 96.1 Å². The number of carbonyl (C=O) groups is 1. The number of fused-ring (bicyclic) bond motifs is 3. The average molecular weight is 474 g/mol. The summed E-state index contributed by atoms with van der Waals surface area (Å²) >= 11 is 1.39. The molecule has 164 valence electrons. The number of amides is 1. The maximum atomic E-state index is 13.1. The number of nitrogens with zero attached hydrogens (tertiary/aromatic N) is 1. The lowest BCUT2D eigenvalue weighted by molar-refractivity contribution is 0.102. The Balaban J connectivity index is 1.44. The van der Waals surface area contributed by atoms with Crippen molar-refractivity contribution >= 4 is 59.1 Å². The van der Waals surface area contributed by atoms with Gasteiger partial charge in [0.2, 0.25) is 0 Å². The van der Waals surface area contributed by atoms with Crippen LogP contribution in [-0.4, -0.2) is 19.3 Å². The number of rotatable bonds is 5. The Bertz CT molecular complexity index is 1610. The quantitative estimate of drug-likeness (QED) is 0.337. The van der Waals surface area contributed by atoms with Gasteiger partial charge in [0.25, 0.3) is 15.9 Å². The molecule has 0 aliphatic carbocycles. The van der Waals surface area contributed by atoms with E-state index in [2.05, 4.69) is 15.0 Å². The zero-order valence-corrected chi connectivity index (χ0v) is 19.2. The van der Waals surface area contributed by atoms with E-state index < -0.39 is 15.9 Å². The Labute approximate surface area is 195 Å². The van der Waals surface area contributed by atoms with Crippen LogP contribution in [0.3, 0.4) is 0 Å². The van der Waals surface area contributed by atoms with E-state index >= 15 is 0 Å². The zero-order valence-electron chi connectivity index (χ0n) is 17.6. The first-order valence-corrected chi connectivity index (χ1v) is 12.5. The molecule has 0 fully saturated rings. The van der Waals surface area contributed by atoms with E-state index in [9.17, 15) is 13.2 Å². The molecular formula is C25H19N3O3S2. The van der Waals surface area contributed by atoms with Gasteiger partial charge in [-0.25, -0.2) is 13.4 Å². The van der Waals surface area contributed by atoms with E-state index in [0.717, 1.165) is 26.6 Å². The van der Waals surface area contributed by atoms with Crippen molar-refractivity contribution in [2.45, 2.75) is 11.8 Å². The van der Waals surface area contributed by atoms with Crippen LogP contribution in [0.2, 0.25) is 0 Å². The third-order valence-corrected chi connectivity index (χ3v) is 7.65. The number of para-hydroxylation sites is 1. The second-order valence-electron chi connectivity index (χ2n) is 7.57. The van der Waals surface area contributed by atoms with Crippen LogP contribution in [0.15, 0.2) is 89.8 Å². The number of nitrogens with one attached hydrogen (secondary N) is 2. The summed E-state index contributed by atoms with van der Waals surface area (Å²) in [6, 6.07) is 24.9. The molecule has 4 aromatic carbocycles. The summed E-state index contributed by atoms with van der Waals surface area (Å²) in [7, 11) is -3.85. The van der Waals surface area contributed by atoms with Crippen LogP contribution < -0.4 is 10.0 Å². The predicted molar refractivity (Wildman–Crippen MR) is 134 cm³/mol. The molecule has 33 heavy (non-hydrogen) atoms. The highest BCUT2D eigenvalue weighted by Gasteiger charge is 2.19. The van der Waals surface area contributed by atoms with E-state index in [4.69, 9.17) is 0 Å². The first kappa shape index (κ1) is 21.1. The largest absolute Gasteiger partial charge is 0.298 e. The van der Waals surface area contributed by atoms with E-state index in [0.29, 0.717) is 5.13 Å². The molecule has 6 nitrogen and oxygen atoms in total. The molecule has 0 aliphatic rings. The minimum atomic E-state index is -3.85. The molecule has 1 aromatic heterocycles. The Morgan fingerprint density at radius 3 is 2.42 bits per heavy atom. The highest BCUT2D eigenvalue weighted by Crippen LogP contribution is 2.33. The zero-order chi connectivity index (χ0) is 23.0. The molecule has 0 bridgehead atoms. The number of hydrogen-bond acceptors (Lipinski definition) is 5. The van der Waals surface area contributed by atoms with Crippen molar-refractivity contribution in [2.75, 3.05) is 10.0 Å². The summed E-state index contributed by atoms with van der Waals surface area (Å²) in [5, 5.41) is 5.43. The topological polar surface area (TPSA) is 88.2 Å². The lowest BCUT2D eigenvalue weighted by Crippen LogP contribution is -2.18. The van der Waals surface area contributed by atoms with Gasteiger partial charge < -0.3 is 0 Å². The van der Waals surface area contributed by atoms with Crippen LogP contribution in [-0.2, 0) is 10.0 Å². The van der Waals surface area contributed by atoms with Gasteiger partial charge in [-0.3, -0.25) is 14.8 Å². The number of aromatic nitrogens is 1. The minimum absolute atomic E-state index is 0.126. The Kier molecular flexibility index (Phi) is 5.32. The Hall–Kier alpha value is -3.75. The summed E-state index contributed by atoms with van der Waals surface area (Å²) in [4.78, 5) is 17.7. The molecule has 0 saturated carbocycles. The molecule has 8 heteroatoms. The van der Waals surface area contributed by atoms with Gasteiger partial charge in [0.15, 0.2) is 5.13 Å². The normalized spacial score (nSPS) is 11.5. The molecule has 0 spiro atoms. The molecule has 0 radical (unpaired) electrons. The fourth-order valence-corrected chi connectivity index (χ4v) is 5.64. The minimum Gasteiger partial charge on any atom is -0.298 e. The number of thiazole rings is 1. The summed E-state index contributed by atoms with van der Waals surface area (Å²) in [5.74, 6) is -0.444. The number of carbonyl (C=O) groups excluding carboxylic acids is 1. The highest BCUT2D eigenvalue weighted by molar-refractivity contribution is 7.92. The predicted octanol–water partition coefficient (Wildman–Crippen LogP) is 5.81. The van der Waals surface area contributed by atoms with Gasteiger partial charge in [0.05, 0.1) is 26.4 Å². The van der Waals surface area contributed by atoms with Crippen molar-refractivity contribution in [3.63, 3.8) is 0 Å². The van der Waals surface area contributed by atoms with Crippen molar-refractivity contribution in [3.8, 4) is 0 Å². The van der Waals surface area contributed by atoms with Crippen molar-refractivity contribution in [2.24, 2.45) is 0 Å². The monoisotopic (exact) mass is 473 g/mol. The third kappa shape index (κ3) is 4.18. The third-order valence-electron chi connectivity index (χ3n) is 5.25. The van der Waals surface area contributed by atoms with Gasteiger partial charge >= 0.3 is 0 Å². The second kappa shape index (κ2) is 8.31. The molecule has 5 rings (SSSR count). The first-order chi connectivity index (χ1) is 15.9. The SMILES string of the molecule is Cc1ccc(S(=O)(=O)Nc2ccccc2C(=O)Nc2nc3ccc4ccccc4c3s2)cc1. The van der Waals surface area contributed by atoms with Crippen molar-refractivity contribution in [1.29, 1.82) is 0 Å². The fourth-order valence-electron chi connectivity index (χ4n) is 3.56. The number of anilines is 2. The summed E-state index contributed by atoms with van der Waals surface area (Å²) in [5.41, 5.74) is 2.15. The molecule has 2 N–H and O–H groups in total. The van der Waals surface area contributed by atoms with Gasteiger partial charge in [0.1, 0.15) is 0 Å². The van der Waals surface area contributed by atoms with Crippen molar-refractivity contribution in [1.82, 2.24) is 4.98 Å². The standard InChI is InChI=1S/C25H19N3O3S2/c1-16-10-13-18(14-11-16)33(30,31)28-21-9-5-4-8-20(21)24(29)27-25-26-22-15-12-17-6-2-3-7-19(17)23(22)32-25/h2-15,28H,1H3,(H,26,27,29). The van der Waals surface area contributed by atoms with Gasteiger partial charge in [-0.15, -0.1) is 0 Å². The summed E-state index contributed by atoms with van der Waals surface area (Å²) in [6.45, 7) is 1.88. The van der Waals surface area contributed by atoms with Crippen LogP contribution >= 0.6 is 11.3 Å². The summed E-state index contributed by atoms with van der Waals surface area (Å²) in [6.07, 6.45) is 0. The fraction of sp³-hybridized carbons (Fsp3) is 0.0400. The van der Waals surface area contributed by atoms with E-state index in [1.807, 2.05) is 43.3 Å². The van der Waals surface area contributed by atoms with Crippen LogP contribution in [0, 0.1) is 6.92 Å². The number of benzene rings is 4. The van der Waals surface area contributed by atoms with Gasteiger partial charge in [-0.05, 0) is 42.6 Å². The molecule has 0 aliphatic heterocycles. The Morgan fingerprint density at radius 2 is 1.61 bits per heavy atom. The number of sulfonamides is 1. The van der Waals surface area contributed by atoms with E-state index in [1.54, 1.807) is 36.4 Å². The van der Waals surface area contributed by atoms with Crippen molar-refractivity contribution < 1.29 is 13.2 Å². The van der Waals surface area contributed by atoms with E-state index in [-0.39, 0.29) is 16.1 Å². The number of aryl methyl sites for hydroxylation is 1. The molecule has 5 aromatic rings. The molecule has 0 atom stereocenters. The maximum Gasteiger partial charge on any atom is 0.261 e. The number of hydrogen-bond donors (Lipinski definition) is 2. The molecule has 0 unspecified atom stereocenters. The lowest BCUT2D eigenvalue weighted by atomic mass is 10.1. The van der Waals surface area contributed by atoms with Gasteiger partial charge in [0, 0.05) is 5.39 Å². The first-order valence-electron chi connectivity index (χ1n) is 10.2. The molecule has 1 amide bonds. The van der Waals surface area contributed by atoms with Crippen LogP contribution in [0.1, 0.15) is 15.9 Å². The average Bonchev–Trinajstić information content (AvgIpc) is 3.22. The van der Waals surface area contributed by atoms with Crippen LogP contribution in [0.5, 0.6) is 0 Å². The summed E-state index contributed by atoms with van der Waals surface area (Å²) < 4.78 is 29.2. The maximum absolute atomic E-state index is 13.1. The second-order valence-corrected chi connectivity index (χ2v) is 10.3. The van der Waals surface area contributed by atoms with Gasteiger partial charge in [-0.1, -0.05) is 71.5 Å². The Morgan fingerprint density at radius 1 is 0.879 bits per heavy atom. The molecular weight excluding hydrogens is 454 g/mol. The van der Waals surface area contributed by atoms with Gasteiger partial charge in [-0.2, -0.15) is 0 Å². The van der Waals surface area contributed by atoms with Crippen LogP contribution in [0.4, 0.5) is 10.8 Å². The smallest absolute Gasteiger partial charge is 0.261 e. The van der Waals surface area contributed by atoms with Crippen LogP contribution in [0.25, 0.3) is 21.0 Å². The molecule has 1 heterocycles. The lowest BCUT2D eigenvalue weighted by Gasteiger charge is -2.12. The van der Waals surface area contributed by atoms with E-state index in [1.165, 1.54) is 23.5 Å². The molecule has 0 saturated heterocycles.